The maximum absolute atomic E-state index is 11.5. The number of esters is 1. The molecule has 0 radical (unpaired) electrons. The number of amides is 1. The molecular weight excluding hydrogens is 236 g/mol. The summed E-state index contributed by atoms with van der Waals surface area (Å²) in [5, 5.41) is 2.90. The van der Waals surface area contributed by atoms with Gasteiger partial charge in [-0.15, -0.1) is 0 Å². The highest BCUT2D eigenvalue weighted by Gasteiger charge is 2.25. The van der Waals surface area contributed by atoms with Gasteiger partial charge in [0.25, 0.3) is 0 Å². The maximum Gasteiger partial charge on any atom is 0.343 e. The lowest BCUT2D eigenvalue weighted by Gasteiger charge is -2.21. The molecule has 0 saturated carbocycles. The number of nitrogens with one attached hydrogen (secondary N) is 1. The lowest BCUT2D eigenvalue weighted by Crippen LogP contribution is -2.37. The van der Waals surface area contributed by atoms with Crippen molar-refractivity contribution in [3.8, 4) is 0 Å². The van der Waals surface area contributed by atoms with Crippen molar-refractivity contribution in [1.82, 2.24) is 9.97 Å². The van der Waals surface area contributed by atoms with Crippen molar-refractivity contribution in [3.63, 3.8) is 0 Å². The lowest BCUT2D eigenvalue weighted by atomic mass is 9.93. The summed E-state index contributed by atoms with van der Waals surface area (Å²) in [7, 11) is 1.27. The first kappa shape index (κ1) is 13.9. The van der Waals surface area contributed by atoms with E-state index < -0.39 is 17.3 Å². The van der Waals surface area contributed by atoms with Crippen molar-refractivity contribution in [2.75, 3.05) is 19.0 Å². The first-order valence-corrected chi connectivity index (χ1v) is 5.30. The average molecular weight is 252 g/mol. The molecule has 0 fully saturated rings. The summed E-state index contributed by atoms with van der Waals surface area (Å²) in [5.41, 5.74) is 4.71. The van der Waals surface area contributed by atoms with E-state index in [4.69, 9.17) is 5.73 Å². The molecule has 3 N–H and O–H groups in total. The van der Waals surface area contributed by atoms with Crippen LogP contribution in [-0.2, 0) is 9.53 Å². The molecule has 0 atom stereocenters. The highest BCUT2D eigenvalue weighted by atomic mass is 16.5. The van der Waals surface area contributed by atoms with Crippen LogP contribution in [-0.4, -0.2) is 35.5 Å². The zero-order valence-electron chi connectivity index (χ0n) is 10.6. The van der Waals surface area contributed by atoms with Gasteiger partial charge in [0.2, 0.25) is 5.91 Å². The zero-order chi connectivity index (χ0) is 13.8. The molecule has 7 heteroatoms. The van der Waals surface area contributed by atoms with Crippen LogP contribution in [0.15, 0.2) is 12.5 Å². The standard InChI is InChI=1S/C11H16N4O3/c1-11(2,10(12)17)5-14-8-7(9(16)18-3)4-13-6-15-8/h4,6H,5H2,1-3H3,(H2,12,17)(H,13,14,15). The molecule has 0 aliphatic heterocycles. The minimum absolute atomic E-state index is 0.209. The number of nitrogens with zero attached hydrogens (tertiary/aromatic N) is 2. The Balaban J connectivity index is 2.86. The normalized spacial score (nSPS) is 10.8. The van der Waals surface area contributed by atoms with Crippen LogP contribution in [0.25, 0.3) is 0 Å². The van der Waals surface area contributed by atoms with Crippen LogP contribution >= 0.6 is 0 Å². The molecule has 1 amide bonds. The van der Waals surface area contributed by atoms with Gasteiger partial charge in [-0.1, -0.05) is 0 Å². The molecule has 7 nitrogen and oxygen atoms in total. The molecule has 0 bridgehead atoms. The Kier molecular flexibility index (Phi) is 4.19. The number of carbonyl (C=O) groups excluding carboxylic acids is 2. The molecule has 1 aromatic rings. The summed E-state index contributed by atoms with van der Waals surface area (Å²) in [6, 6.07) is 0. The summed E-state index contributed by atoms with van der Waals surface area (Å²) < 4.78 is 4.61. The van der Waals surface area contributed by atoms with Crippen LogP contribution in [0.4, 0.5) is 5.82 Å². The van der Waals surface area contributed by atoms with E-state index in [1.165, 1.54) is 19.6 Å². The van der Waals surface area contributed by atoms with Crippen molar-refractivity contribution >= 4 is 17.7 Å². The molecule has 98 valence electrons. The van der Waals surface area contributed by atoms with Gasteiger partial charge in [-0.3, -0.25) is 4.79 Å². The van der Waals surface area contributed by atoms with Gasteiger partial charge in [0.1, 0.15) is 17.7 Å². The third-order valence-corrected chi connectivity index (χ3v) is 2.48. The first-order chi connectivity index (χ1) is 8.38. The Morgan fingerprint density at radius 1 is 1.50 bits per heavy atom. The summed E-state index contributed by atoms with van der Waals surface area (Å²) in [6.45, 7) is 3.64. The van der Waals surface area contributed by atoms with E-state index >= 15 is 0 Å². The second kappa shape index (κ2) is 5.44. The van der Waals surface area contributed by atoms with E-state index in [0.29, 0.717) is 5.82 Å². The number of anilines is 1. The van der Waals surface area contributed by atoms with E-state index in [0.717, 1.165) is 0 Å². The van der Waals surface area contributed by atoms with E-state index in [-0.39, 0.29) is 12.1 Å². The maximum atomic E-state index is 11.5. The fraction of sp³-hybridized carbons (Fsp3) is 0.455. The second-order valence-corrected chi connectivity index (χ2v) is 4.38. The fourth-order valence-corrected chi connectivity index (χ4v) is 1.12. The van der Waals surface area contributed by atoms with Gasteiger partial charge < -0.3 is 15.8 Å². The summed E-state index contributed by atoms with van der Waals surface area (Å²) in [5.74, 6) is -0.676. The van der Waals surface area contributed by atoms with Crippen molar-refractivity contribution in [3.05, 3.63) is 18.1 Å². The summed E-state index contributed by atoms with van der Waals surface area (Å²) >= 11 is 0. The summed E-state index contributed by atoms with van der Waals surface area (Å²) in [6.07, 6.45) is 2.64. The van der Waals surface area contributed by atoms with Gasteiger partial charge in [0.05, 0.1) is 12.5 Å². The largest absolute Gasteiger partial charge is 0.465 e. The van der Waals surface area contributed by atoms with Crippen LogP contribution in [0.1, 0.15) is 24.2 Å². The Morgan fingerprint density at radius 2 is 2.17 bits per heavy atom. The topological polar surface area (TPSA) is 107 Å². The monoisotopic (exact) mass is 252 g/mol. The van der Waals surface area contributed by atoms with Gasteiger partial charge in [-0.25, -0.2) is 14.8 Å². The second-order valence-electron chi connectivity index (χ2n) is 4.38. The number of hydrogen-bond acceptors (Lipinski definition) is 6. The molecule has 0 spiro atoms. The minimum atomic E-state index is -0.752. The van der Waals surface area contributed by atoms with Gasteiger partial charge in [0.15, 0.2) is 0 Å². The number of nitrogens with two attached hydrogens (primary N) is 1. The molecule has 1 heterocycles. The quantitative estimate of drug-likeness (QED) is 0.724. The third-order valence-electron chi connectivity index (χ3n) is 2.48. The molecule has 1 aromatic heterocycles. The number of primary amides is 1. The van der Waals surface area contributed by atoms with Crippen molar-refractivity contribution in [1.29, 1.82) is 0 Å². The molecule has 0 aliphatic rings. The van der Waals surface area contributed by atoms with Gasteiger partial charge in [0, 0.05) is 12.7 Å². The predicted molar refractivity (Wildman–Crippen MR) is 64.8 cm³/mol. The molecule has 0 aliphatic carbocycles. The fourth-order valence-electron chi connectivity index (χ4n) is 1.12. The molecule has 0 saturated heterocycles. The Morgan fingerprint density at radius 3 is 2.72 bits per heavy atom. The van der Waals surface area contributed by atoms with E-state index in [9.17, 15) is 9.59 Å². The molecular formula is C11H16N4O3. The van der Waals surface area contributed by atoms with Crippen molar-refractivity contribution in [2.24, 2.45) is 11.1 Å². The predicted octanol–water partition coefficient (Wildman–Crippen LogP) is 0.187. The minimum Gasteiger partial charge on any atom is -0.465 e. The third kappa shape index (κ3) is 3.16. The zero-order valence-corrected chi connectivity index (χ0v) is 10.6. The Labute approximate surface area is 105 Å². The molecule has 18 heavy (non-hydrogen) atoms. The van der Waals surface area contributed by atoms with E-state index in [1.54, 1.807) is 13.8 Å². The van der Waals surface area contributed by atoms with Crippen LogP contribution in [0.5, 0.6) is 0 Å². The number of aromatic nitrogens is 2. The molecule has 0 aromatic carbocycles. The average Bonchev–Trinajstić information content (AvgIpc) is 2.35. The smallest absolute Gasteiger partial charge is 0.343 e. The highest BCUT2D eigenvalue weighted by Crippen LogP contribution is 2.17. The highest BCUT2D eigenvalue weighted by molar-refractivity contribution is 5.94. The summed E-state index contributed by atoms with van der Waals surface area (Å²) in [4.78, 5) is 30.3. The van der Waals surface area contributed by atoms with E-state index in [1.807, 2.05) is 0 Å². The van der Waals surface area contributed by atoms with Gasteiger partial charge >= 0.3 is 5.97 Å². The van der Waals surface area contributed by atoms with E-state index in [2.05, 4.69) is 20.0 Å². The van der Waals surface area contributed by atoms with Crippen LogP contribution in [0.3, 0.4) is 0 Å². The number of methoxy groups -OCH3 is 1. The van der Waals surface area contributed by atoms with Gasteiger partial charge in [-0.2, -0.15) is 0 Å². The van der Waals surface area contributed by atoms with Crippen LogP contribution in [0.2, 0.25) is 0 Å². The van der Waals surface area contributed by atoms with Crippen molar-refractivity contribution < 1.29 is 14.3 Å². The van der Waals surface area contributed by atoms with Crippen molar-refractivity contribution in [2.45, 2.75) is 13.8 Å². The number of rotatable bonds is 5. The first-order valence-electron chi connectivity index (χ1n) is 5.30. The number of hydrogen-bond donors (Lipinski definition) is 2. The molecule has 1 rings (SSSR count). The van der Waals surface area contributed by atoms with Crippen LogP contribution < -0.4 is 11.1 Å². The Hall–Kier alpha value is -2.18. The Bertz CT molecular complexity index is 459. The number of ether oxygens (including phenoxy) is 1. The SMILES string of the molecule is COC(=O)c1cncnc1NCC(C)(C)C(N)=O. The van der Waals surface area contributed by atoms with Gasteiger partial charge in [-0.05, 0) is 13.8 Å². The lowest BCUT2D eigenvalue weighted by molar-refractivity contribution is -0.125. The molecule has 0 unspecified atom stereocenters. The van der Waals surface area contributed by atoms with Crippen LogP contribution in [0, 0.1) is 5.41 Å². The number of carbonyl (C=O) groups is 2.